The summed E-state index contributed by atoms with van der Waals surface area (Å²) in [6.45, 7) is 12.7. The molecule has 0 radical (unpaired) electrons. The summed E-state index contributed by atoms with van der Waals surface area (Å²) in [6.07, 6.45) is 9.83. The average molecular weight is 347 g/mol. The van der Waals surface area contributed by atoms with Crippen LogP contribution in [0.25, 0.3) is 0 Å². The van der Waals surface area contributed by atoms with Crippen LogP contribution in [0.1, 0.15) is 58.3 Å². The molecule has 0 spiro atoms. The molecule has 3 nitrogen and oxygen atoms in total. The molecule has 0 aliphatic heterocycles. The molecule has 5 heteroatoms. The maximum Gasteiger partial charge on any atom is 0.295 e. The van der Waals surface area contributed by atoms with Crippen LogP contribution in [0.5, 0.6) is 0 Å². The summed E-state index contributed by atoms with van der Waals surface area (Å²) in [4.78, 5) is 12.5. The van der Waals surface area contributed by atoms with Crippen LogP contribution in [0.2, 0.25) is 38.3 Å². The van der Waals surface area contributed by atoms with E-state index in [0.29, 0.717) is 0 Å². The van der Waals surface area contributed by atoms with Gasteiger partial charge in [0, 0.05) is 7.11 Å². The largest absolute Gasteiger partial charge is 0.520 e. The predicted molar refractivity (Wildman–Crippen MR) is 100 cm³/mol. The van der Waals surface area contributed by atoms with Gasteiger partial charge in [-0.1, -0.05) is 51.9 Å². The van der Waals surface area contributed by atoms with Gasteiger partial charge in [0.15, 0.2) is 8.32 Å². The van der Waals surface area contributed by atoms with Crippen LogP contribution in [0.4, 0.5) is 0 Å². The lowest BCUT2D eigenvalue weighted by molar-refractivity contribution is -0.135. The Morgan fingerprint density at radius 3 is 1.86 bits per heavy atom. The molecule has 0 aliphatic rings. The zero-order valence-electron chi connectivity index (χ0n) is 16.0. The Labute approximate surface area is 140 Å². The summed E-state index contributed by atoms with van der Waals surface area (Å²) in [6, 6.07) is 0. The summed E-state index contributed by atoms with van der Waals surface area (Å²) in [5.74, 6) is -0.0105. The Kier molecular flexibility index (Phi) is 10.5. The Morgan fingerprint density at radius 1 is 0.909 bits per heavy atom. The minimum Gasteiger partial charge on any atom is -0.520 e. The van der Waals surface area contributed by atoms with Crippen molar-refractivity contribution in [3.05, 3.63) is 0 Å². The van der Waals surface area contributed by atoms with Crippen molar-refractivity contribution in [2.24, 2.45) is 0 Å². The molecule has 132 valence electrons. The fourth-order valence-corrected chi connectivity index (χ4v) is 5.24. The van der Waals surface area contributed by atoms with E-state index in [-0.39, 0.29) is 11.5 Å². The monoisotopic (exact) mass is 346 g/mol. The Balaban J connectivity index is 4.36. The minimum absolute atomic E-state index is 0.0105. The van der Waals surface area contributed by atoms with Crippen LogP contribution in [0, 0.1) is 0 Å². The summed E-state index contributed by atoms with van der Waals surface area (Å²) < 4.78 is 11.5. The molecule has 0 fully saturated rings. The van der Waals surface area contributed by atoms with Crippen molar-refractivity contribution >= 4 is 22.6 Å². The number of carbonyl (C=O) groups excluding carboxylic acids is 1. The van der Waals surface area contributed by atoms with Crippen molar-refractivity contribution < 1.29 is 13.6 Å². The van der Waals surface area contributed by atoms with E-state index in [1.54, 1.807) is 7.11 Å². The van der Waals surface area contributed by atoms with E-state index < -0.39 is 16.6 Å². The quantitative estimate of drug-likeness (QED) is 0.334. The van der Waals surface area contributed by atoms with Crippen molar-refractivity contribution in [1.82, 2.24) is 0 Å². The van der Waals surface area contributed by atoms with Crippen LogP contribution in [-0.2, 0) is 13.6 Å². The maximum absolute atomic E-state index is 12.5. The number of hydrogen-bond acceptors (Lipinski definition) is 3. The standard InChI is InChI=1S/C17H38O3Si2/c1-8-9-10-11-12-13-14-15-16(22(6,7)19-2)17(18)20-21(3,4)5/h16H,8-15H2,1-7H3. The van der Waals surface area contributed by atoms with Crippen molar-refractivity contribution in [1.29, 1.82) is 0 Å². The van der Waals surface area contributed by atoms with Gasteiger partial charge in [-0.2, -0.15) is 0 Å². The molecule has 1 atom stereocenters. The van der Waals surface area contributed by atoms with Crippen molar-refractivity contribution in [3.8, 4) is 0 Å². The molecule has 0 saturated heterocycles. The third kappa shape index (κ3) is 9.79. The first kappa shape index (κ1) is 21.9. The molecule has 0 aliphatic carbocycles. The van der Waals surface area contributed by atoms with E-state index in [1.165, 1.54) is 38.5 Å². The molecule has 1 unspecified atom stereocenters. The Morgan fingerprint density at radius 2 is 1.41 bits per heavy atom. The van der Waals surface area contributed by atoms with Gasteiger partial charge < -0.3 is 8.85 Å². The van der Waals surface area contributed by atoms with Gasteiger partial charge >= 0.3 is 0 Å². The van der Waals surface area contributed by atoms with Crippen LogP contribution in [0.3, 0.4) is 0 Å². The van der Waals surface area contributed by atoms with E-state index >= 15 is 0 Å². The minimum atomic E-state index is -2.00. The molecule has 0 heterocycles. The van der Waals surface area contributed by atoms with Gasteiger partial charge in [-0.3, -0.25) is 4.79 Å². The molecule has 22 heavy (non-hydrogen) atoms. The van der Waals surface area contributed by atoms with Crippen molar-refractivity contribution in [2.45, 2.75) is 96.6 Å². The van der Waals surface area contributed by atoms with E-state index in [1.807, 2.05) is 0 Å². The summed E-state index contributed by atoms with van der Waals surface area (Å²) in [5.41, 5.74) is -0.0279. The molecule has 0 bridgehead atoms. The first-order valence-corrected chi connectivity index (χ1v) is 15.3. The fraction of sp³-hybridized carbons (Fsp3) is 0.941. The molecule has 0 amide bonds. The van der Waals surface area contributed by atoms with Gasteiger partial charge in [-0.25, -0.2) is 0 Å². The second-order valence-corrected chi connectivity index (χ2v) is 16.5. The van der Waals surface area contributed by atoms with E-state index in [9.17, 15) is 4.79 Å². The highest BCUT2D eigenvalue weighted by molar-refractivity contribution is 6.77. The highest BCUT2D eigenvalue weighted by Crippen LogP contribution is 2.31. The zero-order valence-corrected chi connectivity index (χ0v) is 18.0. The van der Waals surface area contributed by atoms with Gasteiger partial charge in [0.1, 0.15) is 0 Å². The third-order valence-corrected chi connectivity index (χ3v) is 8.22. The SMILES string of the molecule is CCCCCCCCCC(C(=O)O[Si](C)(C)C)[Si](C)(C)OC. The number of carbonyl (C=O) groups is 1. The second kappa shape index (κ2) is 10.6. The number of rotatable bonds is 12. The summed E-state index contributed by atoms with van der Waals surface area (Å²) >= 11 is 0. The molecular weight excluding hydrogens is 308 g/mol. The maximum atomic E-state index is 12.5. The lowest BCUT2D eigenvalue weighted by Crippen LogP contribution is -2.43. The fourth-order valence-electron chi connectivity index (χ4n) is 2.57. The topological polar surface area (TPSA) is 35.5 Å². The molecule has 0 saturated carbocycles. The van der Waals surface area contributed by atoms with Crippen LogP contribution in [0.15, 0.2) is 0 Å². The predicted octanol–water partition coefficient (Wildman–Crippen LogP) is 5.73. The zero-order chi connectivity index (χ0) is 17.2. The average Bonchev–Trinajstić information content (AvgIpc) is 2.39. The number of hydrogen-bond donors (Lipinski definition) is 0. The lowest BCUT2D eigenvalue weighted by atomic mass is 10.1. The smallest absolute Gasteiger partial charge is 0.295 e. The third-order valence-electron chi connectivity index (χ3n) is 4.15. The van der Waals surface area contributed by atoms with E-state index in [2.05, 4.69) is 39.7 Å². The first-order valence-electron chi connectivity index (χ1n) is 8.92. The van der Waals surface area contributed by atoms with E-state index in [4.69, 9.17) is 8.85 Å². The molecular formula is C17H38O3Si2. The normalized spacial score (nSPS) is 14.0. The summed E-state index contributed by atoms with van der Waals surface area (Å²) in [5, 5.41) is 0. The number of unbranched alkanes of at least 4 members (excludes halogenated alkanes) is 6. The highest BCUT2D eigenvalue weighted by atomic mass is 28.4. The molecule has 0 rings (SSSR count). The Bertz CT molecular complexity index is 312. The van der Waals surface area contributed by atoms with Gasteiger partial charge in [0.2, 0.25) is 8.32 Å². The highest BCUT2D eigenvalue weighted by Gasteiger charge is 2.40. The van der Waals surface area contributed by atoms with Crippen molar-refractivity contribution in [3.63, 3.8) is 0 Å². The van der Waals surface area contributed by atoms with Crippen LogP contribution < -0.4 is 0 Å². The molecule has 0 aromatic carbocycles. The summed E-state index contributed by atoms with van der Waals surface area (Å²) in [7, 11) is -2.09. The second-order valence-electron chi connectivity index (χ2n) is 7.80. The van der Waals surface area contributed by atoms with Crippen LogP contribution in [-0.4, -0.2) is 29.7 Å². The van der Waals surface area contributed by atoms with E-state index in [0.717, 1.165) is 12.8 Å². The van der Waals surface area contributed by atoms with Gasteiger partial charge in [0.25, 0.3) is 5.97 Å². The van der Waals surface area contributed by atoms with Crippen molar-refractivity contribution in [2.75, 3.05) is 7.11 Å². The lowest BCUT2D eigenvalue weighted by Gasteiger charge is -2.31. The Hall–Kier alpha value is -0.136. The molecule has 0 aromatic rings. The first-order chi connectivity index (χ1) is 10.1. The van der Waals surface area contributed by atoms with Gasteiger partial charge in [-0.05, 0) is 39.2 Å². The van der Waals surface area contributed by atoms with Gasteiger partial charge in [0.05, 0.1) is 5.54 Å². The molecule has 0 N–H and O–H groups in total. The molecule has 0 aromatic heterocycles. The van der Waals surface area contributed by atoms with Crippen LogP contribution >= 0.6 is 0 Å². The van der Waals surface area contributed by atoms with Gasteiger partial charge in [-0.15, -0.1) is 0 Å².